The number of nitrogens with zero attached hydrogens (tertiary/aromatic N) is 2. The predicted molar refractivity (Wildman–Crippen MR) is 104 cm³/mol. The summed E-state index contributed by atoms with van der Waals surface area (Å²) in [7, 11) is 0. The highest BCUT2D eigenvalue weighted by Crippen LogP contribution is 2.30. The van der Waals surface area contributed by atoms with Crippen LogP contribution in [0.2, 0.25) is 0 Å². The van der Waals surface area contributed by atoms with Gasteiger partial charge in [0.15, 0.2) is 5.58 Å². The quantitative estimate of drug-likeness (QED) is 0.642. The van der Waals surface area contributed by atoms with Gasteiger partial charge in [0.05, 0.1) is 18.8 Å². The minimum Gasteiger partial charge on any atom is -0.493 e. The van der Waals surface area contributed by atoms with E-state index < -0.39 is 0 Å². The summed E-state index contributed by atoms with van der Waals surface area (Å²) in [6, 6.07) is 9.37. The van der Waals surface area contributed by atoms with E-state index >= 15 is 0 Å². The number of oxazole rings is 1. The molecule has 0 radical (unpaired) electrons. The molecule has 0 spiro atoms. The number of fused-ring (bicyclic) bond motifs is 1. The molecule has 1 aromatic carbocycles. The fourth-order valence-corrected chi connectivity index (χ4v) is 2.81. The van der Waals surface area contributed by atoms with Crippen LogP contribution in [-0.4, -0.2) is 35.1 Å². The van der Waals surface area contributed by atoms with E-state index in [-0.39, 0.29) is 11.9 Å². The minimum absolute atomic E-state index is 0.0930. The van der Waals surface area contributed by atoms with Crippen LogP contribution in [0, 0.1) is 5.92 Å². The highest BCUT2D eigenvalue weighted by atomic mass is 16.5. The molecule has 28 heavy (non-hydrogen) atoms. The van der Waals surface area contributed by atoms with Crippen molar-refractivity contribution in [2.75, 3.05) is 13.2 Å². The molecule has 1 amide bonds. The van der Waals surface area contributed by atoms with E-state index in [1.165, 1.54) is 19.8 Å². The Morgan fingerprint density at radius 1 is 1.29 bits per heavy atom. The lowest BCUT2D eigenvalue weighted by atomic mass is 10.2. The van der Waals surface area contributed by atoms with Gasteiger partial charge in [-0.05, 0) is 49.9 Å². The van der Waals surface area contributed by atoms with Crippen LogP contribution in [0.3, 0.4) is 0 Å². The molecule has 1 saturated carbocycles. The van der Waals surface area contributed by atoms with Crippen molar-refractivity contribution in [1.82, 2.24) is 15.3 Å². The molecule has 0 unspecified atom stereocenters. The summed E-state index contributed by atoms with van der Waals surface area (Å²) in [6.07, 6.45) is 4.14. The zero-order valence-electron chi connectivity index (χ0n) is 16.0. The molecule has 1 aliphatic rings. The summed E-state index contributed by atoms with van der Waals surface area (Å²) in [5.41, 5.74) is 2.13. The molecule has 7 nitrogen and oxygen atoms in total. The summed E-state index contributed by atoms with van der Waals surface area (Å²) in [4.78, 5) is 19.8. The van der Waals surface area contributed by atoms with Gasteiger partial charge in [-0.15, -0.1) is 0 Å². The number of carbonyl (C=O) groups excluding carboxylic acids is 1. The first-order valence-corrected chi connectivity index (χ1v) is 9.46. The second-order valence-electron chi connectivity index (χ2n) is 7.20. The maximum absolute atomic E-state index is 11.1. The third kappa shape index (κ3) is 4.60. The number of rotatable bonds is 8. The van der Waals surface area contributed by atoms with Crippen molar-refractivity contribution in [3.05, 3.63) is 36.5 Å². The Bertz CT molecular complexity index is 963. The molecular weight excluding hydrogens is 358 g/mol. The lowest BCUT2D eigenvalue weighted by molar-refractivity contribution is -0.119. The number of amides is 1. The summed E-state index contributed by atoms with van der Waals surface area (Å²) in [5, 5.41) is 2.76. The Hall–Kier alpha value is -3.09. The van der Waals surface area contributed by atoms with Gasteiger partial charge in [-0.2, -0.15) is 0 Å². The van der Waals surface area contributed by atoms with Gasteiger partial charge in [-0.25, -0.2) is 9.97 Å². The van der Waals surface area contributed by atoms with E-state index in [1.54, 1.807) is 12.3 Å². The molecule has 0 saturated heterocycles. The summed E-state index contributed by atoms with van der Waals surface area (Å²) in [5.74, 6) is 2.45. The zero-order valence-corrected chi connectivity index (χ0v) is 16.0. The van der Waals surface area contributed by atoms with Gasteiger partial charge in [-0.1, -0.05) is 0 Å². The highest BCUT2D eigenvalue weighted by Gasteiger charge is 2.21. The topological polar surface area (TPSA) is 86.5 Å². The second kappa shape index (κ2) is 7.88. The van der Waals surface area contributed by atoms with Gasteiger partial charge in [0.25, 0.3) is 0 Å². The highest BCUT2D eigenvalue weighted by molar-refractivity contribution is 5.76. The van der Waals surface area contributed by atoms with Crippen LogP contribution in [0.4, 0.5) is 0 Å². The first-order valence-electron chi connectivity index (χ1n) is 9.46. The third-order valence-electron chi connectivity index (χ3n) is 4.47. The molecule has 1 fully saturated rings. The van der Waals surface area contributed by atoms with Crippen LogP contribution in [0.25, 0.3) is 22.6 Å². The van der Waals surface area contributed by atoms with E-state index in [0.717, 1.165) is 23.8 Å². The average molecular weight is 381 g/mol. The number of pyridine rings is 1. The number of hydrogen-bond donors (Lipinski definition) is 1. The SMILES string of the molecule is CC(=O)N[C@@H](C)COc1cc2nc(-c3ccc(OCC4CC4)cc3)oc2cn1. The monoisotopic (exact) mass is 381 g/mol. The first-order chi connectivity index (χ1) is 13.6. The largest absolute Gasteiger partial charge is 0.493 e. The molecule has 1 atom stereocenters. The lowest BCUT2D eigenvalue weighted by Crippen LogP contribution is -2.35. The van der Waals surface area contributed by atoms with Crippen LogP contribution in [0.15, 0.2) is 40.9 Å². The molecule has 0 bridgehead atoms. The zero-order chi connectivity index (χ0) is 19.5. The van der Waals surface area contributed by atoms with Crippen LogP contribution in [0.1, 0.15) is 26.7 Å². The molecule has 146 valence electrons. The smallest absolute Gasteiger partial charge is 0.227 e. The van der Waals surface area contributed by atoms with E-state index in [4.69, 9.17) is 13.9 Å². The van der Waals surface area contributed by atoms with Gasteiger partial charge in [0.1, 0.15) is 17.9 Å². The molecule has 1 aliphatic carbocycles. The standard InChI is InChI=1S/C21H23N3O4/c1-13(23-14(2)25)11-27-20-9-18-19(10-22-20)28-21(24-18)16-5-7-17(8-6-16)26-12-15-3-4-15/h5-10,13,15H,3-4,11-12H2,1-2H3,(H,23,25)/t13-/m0/s1. The Balaban J connectivity index is 1.43. The second-order valence-corrected chi connectivity index (χ2v) is 7.20. The molecule has 3 aromatic rings. The number of aromatic nitrogens is 2. The lowest BCUT2D eigenvalue weighted by Gasteiger charge is -2.12. The van der Waals surface area contributed by atoms with E-state index in [2.05, 4.69) is 15.3 Å². The van der Waals surface area contributed by atoms with Gasteiger partial charge in [0.2, 0.25) is 17.7 Å². The van der Waals surface area contributed by atoms with Crippen LogP contribution < -0.4 is 14.8 Å². The Labute approximate surface area is 163 Å². The van der Waals surface area contributed by atoms with Crippen molar-refractivity contribution < 1.29 is 18.7 Å². The van der Waals surface area contributed by atoms with Gasteiger partial charge < -0.3 is 19.2 Å². The van der Waals surface area contributed by atoms with Crippen molar-refractivity contribution in [2.45, 2.75) is 32.7 Å². The number of carbonyl (C=O) groups is 1. The maximum Gasteiger partial charge on any atom is 0.227 e. The molecule has 0 aliphatic heterocycles. The summed E-state index contributed by atoms with van der Waals surface area (Å²) in [6.45, 7) is 4.46. The van der Waals surface area contributed by atoms with Gasteiger partial charge in [0, 0.05) is 18.6 Å². The average Bonchev–Trinajstić information content (AvgIpc) is 3.41. The number of nitrogens with one attached hydrogen (secondary N) is 1. The van der Waals surface area contributed by atoms with Crippen molar-refractivity contribution in [3.63, 3.8) is 0 Å². The minimum atomic E-state index is -0.108. The van der Waals surface area contributed by atoms with Crippen molar-refractivity contribution >= 4 is 17.0 Å². The molecule has 1 N–H and O–H groups in total. The Morgan fingerprint density at radius 3 is 2.79 bits per heavy atom. The number of benzene rings is 1. The van der Waals surface area contributed by atoms with E-state index in [1.807, 2.05) is 31.2 Å². The molecule has 4 rings (SSSR count). The van der Waals surface area contributed by atoms with E-state index in [0.29, 0.717) is 29.5 Å². The predicted octanol–water partition coefficient (Wildman–Crippen LogP) is 3.58. The van der Waals surface area contributed by atoms with E-state index in [9.17, 15) is 4.79 Å². The third-order valence-corrected chi connectivity index (χ3v) is 4.47. The van der Waals surface area contributed by atoms with Crippen LogP contribution >= 0.6 is 0 Å². The fraction of sp³-hybridized carbons (Fsp3) is 0.381. The van der Waals surface area contributed by atoms with Crippen LogP contribution in [-0.2, 0) is 4.79 Å². The summed E-state index contributed by atoms with van der Waals surface area (Å²) >= 11 is 0. The first kappa shape index (κ1) is 18.3. The van der Waals surface area contributed by atoms with Crippen LogP contribution in [0.5, 0.6) is 11.6 Å². The van der Waals surface area contributed by atoms with Crippen molar-refractivity contribution in [3.8, 4) is 23.1 Å². The maximum atomic E-state index is 11.1. The fourth-order valence-electron chi connectivity index (χ4n) is 2.81. The van der Waals surface area contributed by atoms with Gasteiger partial charge in [-0.3, -0.25) is 4.79 Å². The number of hydrogen-bond acceptors (Lipinski definition) is 6. The van der Waals surface area contributed by atoms with Crippen molar-refractivity contribution in [2.24, 2.45) is 5.92 Å². The van der Waals surface area contributed by atoms with Crippen molar-refractivity contribution in [1.29, 1.82) is 0 Å². The molecule has 7 heteroatoms. The molecule has 2 aromatic heterocycles. The Morgan fingerprint density at radius 2 is 2.07 bits per heavy atom. The van der Waals surface area contributed by atoms with Gasteiger partial charge >= 0.3 is 0 Å². The Kier molecular flexibility index (Phi) is 5.14. The summed E-state index contributed by atoms with van der Waals surface area (Å²) < 4.78 is 17.2. The normalized spacial score (nSPS) is 14.6. The molecular formula is C21H23N3O4. The number of ether oxygens (including phenoxy) is 2. The molecule has 2 heterocycles.